The number of hydrogen-bond acceptors (Lipinski definition) is 6. The molecule has 0 aliphatic carbocycles. The number of carbonyl (C=O) groups is 2. The maximum absolute atomic E-state index is 12.0. The smallest absolute Gasteiger partial charge is 0.328 e. The fourth-order valence-corrected chi connectivity index (χ4v) is 3.26. The molecule has 5 nitrogen and oxygen atoms in total. The third-order valence-electron chi connectivity index (χ3n) is 3.39. The number of thiocarbonyl (C=S) groups is 1. The first kappa shape index (κ1) is 19.6. The van der Waals surface area contributed by atoms with E-state index in [0.29, 0.717) is 4.99 Å². The number of methoxy groups -OCH3 is 1. The Morgan fingerprint density at radius 3 is 2.39 bits per heavy atom. The molecule has 0 fully saturated rings. The van der Waals surface area contributed by atoms with E-state index in [1.54, 1.807) is 18.9 Å². The maximum Gasteiger partial charge on any atom is 0.328 e. The molecular weight excluding hydrogens is 332 g/mol. The van der Waals surface area contributed by atoms with Crippen LogP contribution in [0.25, 0.3) is 0 Å². The van der Waals surface area contributed by atoms with Crippen LogP contribution in [-0.2, 0) is 14.3 Å². The van der Waals surface area contributed by atoms with Crippen LogP contribution < -0.4 is 9.62 Å². The number of ether oxygens (including phenoxy) is 1. The summed E-state index contributed by atoms with van der Waals surface area (Å²) in [6.07, 6.45) is 0.0654. The quantitative estimate of drug-likeness (QED) is 0.479. The van der Waals surface area contributed by atoms with Crippen LogP contribution >= 0.6 is 24.2 Å². The lowest BCUT2D eigenvalue weighted by molar-refractivity contribution is -0.141. The number of rotatable bonds is 6. The van der Waals surface area contributed by atoms with Crippen molar-refractivity contribution in [3.8, 4) is 0 Å². The van der Waals surface area contributed by atoms with E-state index >= 15 is 0 Å². The highest BCUT2D eigenvalue weighted by atomic mass is 32.2. The predicted octanol–water partition coefficient (Wildman–Crippen LogP) is 2.78. The summed E-state index contributed by atoms with van der Waals surface area (Å²) >= 11 is 6.45. The molecule has 0 heterocycles. The second kappa shape index (κ2) is 9.00. The van der Waals surface area contributed by atoms with Crippen molar-refractivity contribution in [2.75, 3.05) is 19.1 Å². The molecule has 0 aliphatic rings. The van der Waals surface area contributed by atoms with E-state index in [4.69, 9.17) is 17.0 Å². The lowest BCUT2D eigenvalue weighted by Crippen LogP contribution is -2.44. The summed E-state index contributed by atoms with van der Waals surface area (Å²) in [6, 6.07) is 5.23. The topological polar surface area (TPSA) is 58.6 Å². The first-order valence-corrected chi connectivity index (χ1v) is 8.38. The Morgan fingerprint density at radius 2 is 1.91 bits per heavy atom. The van der Waals surface area contributed by atoms with Gasteiger partial charge >= 0.3 is 5.97 Å². The Kier molecular flexibility index (Phi) is 7.67. The zero-order valence-corrected chi connectivity index (χ0v) is 15.6. The molecule has 0 saturated carbocycles. The highest BCUT2D eigenvalue weighted by Crippen LogP contribution is 2.28. The van der Waals surface area contributed by atoms with E-state index in [9.17, 15) is 9.59 Å². The van der Waals surface area contributed by atoms with E-state index in [0.717, 1.165) is 28.8 Å². The third-order valence-corrected chi connectivity index (χ3v) is 4.31. The predicted molar refractivity (Wildman–Crippen MR) is 98.7 cm³/mol. The van der Waals surface area contributed by atoms with E-state index in [2.05, 4.69) is 4.72 Å². The zero-order valence-electron chi connectivity index (χ0n) is 14.0. The van der Waals surface area contributed by atoms with E-state index in [-0.39, 0.29) is 11.5 Å². The third kappa shape index (κ3) is 5.02. The summed E-state index contributed by atoms with van der Waals surface area (Å²) in [7, 11) is 3.01. The fourth-order valence-electron chi connectivity index (χ4n) is 2.35. The Labute approximate surface area is 146 Å². The van der Waals surface area contributed by atoms with E-state index < -0.39 is 12.0 Å². The average Bonchev–Trinajstić information content (AvgIpc) is 2.49. The van der Waals surface area contributed by atoms with Gasteiger partial charge in [0.1, 0.15) is 6.04 Å². The van der Waals surface area contributed by atoms with Crippen LogP contribution in [0.15, 0.2) is 18.2 Å². The summed E-state index contributed by atoms with van der Waals surface area (Å²) in [6.45, 7) is 5.62. The molecule has 0 amide bonds. The normalized spacial score (nSPS) is 11.7. The van der Waals surface area contributed by atoms with Crippen LogP contribution in [0.2, 0.25) is 0 Å². The van der Waals surface area contributed by atoms with Gasteiger partial charge in [0.05, 0.1) is 18.5 Å². The Bertz CT molecular complexity index is 585. The van der Waals surface area contributed by atoms with Gasteiger partial charge in [-0.05, 0) is 50.9 Å². The van der Waals surface area contributed by atoms with Gasteiger partial charge in [0.25, 0.3) is 0 Å². The summed E-state index contributed by atoms with van der Waals surface area (Å²) in [5, 5.41) is -0.106. The minimum absolute atomic E-state index is 0.0654. The van der Waals surface area contributed by atoms with Gasteiger partial charge in [-0.25, -0.2) is 4.79 Å². The Balaban J connectivity index is 3.25. The molecule has 0 aliphatic heterocycles. The van der Waals surface area contributed by atoms with Crippen molar-refractivity contribution in [1.82, 2.24) is 4.72 Å². The molecule has 7 heteroatoms. The molecule has 1 atom stereocenters. The van der Waals surface area contributed by atoms with Crippen LogP contribution in [-0.4, -0.2) is 36.3 Å². The van der Waals surface area contributed by atoms with Crippen LogP contribution in [0.4, 0.5) is 5.69 Å². The molecule has 126 valence electrons. The zero-order chi connectivity index (χ0) is 17.6. The Morgan fingerprint density at radius 1 is 1.35 bits per heavy atom. The van der Waals surface area contributed by atoms with E-state index in [1.807, 2.05) is 32.0 Å². The van der Waals surface area contributed by atoms with Gasteiger partial charge < -0.3 is 9.64 Å². The molecule has 1 aromatic rings. The van der Waals surface area contributed by atoms with Crippen molar-refractivity contribution in [2.45, 2.75) is 33.2 Å². The lowest BCUT2D eigenvalue weighted by Gasteiger charge is -2.32. The van der Waals surface area contributed by atoms with Gasteiger partial charge in [0.2, 0.25) is 5.12 Å². The number of aryl methyl sites for hydroxylation is 2. The van der Waals surface area contributed by atoms with Crippen molar-refractivity contribution in [1.29, 1.82) is 0 Å². The van der Waals surface area contributed by atoms with Crippen LogP contribution in [0.3, 0.4) is 0 Å². The van der Waals surface area contributed by atoms with Crippen molar-refractivity contribution >= 4 is 45.9 Å². The monoisotopic (exact) mass is 354 g/mol. The Hall–Kier alpha value is -1.44. The summed E-state index contributed by atoms with van der Waals surface area (Å²) < 4.78 is 7.59. The second-order valence-electron chi connectivity index (χ2n) is 5.06. The van der Waals surface area contributed by atoms with Gasteiger partial charge in [-0.15, -0.1) is 0 Å². The molecule has 0 bridgehead atoms. The molecule has 1 N–H and O–H groups in total. The molecule has 0 aromatic heterocycles. The van der Waals surface area contributed by atoms with Gasteiger partial charge in [0.15, 0.2) is 0 Å². The lowest BCUT2D eigenvalue weighted by atomic mass is 10.1. The second-order valence-corrected chi connectivity index (χ2v) is 6.60. The van der Waals surface area contributed by atoms with Crippen molar-refractivity contribution in [3.63, 3.8) is 0 Å². The first-order valence-electron chi connectivity index (χ1n) is 7.16. The number of anilines is 1. The fraction of sp³-hybridized carbons (Fsp3) is 0.438. The summed E-state index contributed by atoms with van der Waals surface area (Å²) in [5.74, 6) is -0.399. The summed E-state index contributed by atoms with van der Waals surface area (Å²) in [5.41, 5.74) is 2.81. The molecular formula is C16H22N2O3S2. The minimum atomic E-state index is -0.611. The van der Waals surface area contributed by atoms with Crippen LogP contribution in [0, 0.1) is 13.8 Å². The number of carbonyl (C=O) groups excluding carboxylic acids is 2. The van der Waals surface area contributed by atoms with Gasteiger partial charge in [0, 0.05) is 5.69 Å². The van der Waals surface area contributed by atoms with Crippen molar-refractivity contribution in [3.05, 3.63) is 29.3 Å². The highest BCUT2D eigenvalue weighted by molar-refractivity contribution is 8.12. The highest BCUT2D eigenvalue weighted by Gasteiger charge is 2.28. The molecule has 0 spiro atoms. The first-order chi connectivity index (χ1) is 10.8. The number of nitrogens with zero attached hydrogens (tertiary/aromatic N) is 1. The molecule has 0 saturated heterocycles. The standard InChI is InChI=1S/C16H22N2O3S2/c1-10-7-6-8-11(2)15(10)18(12(3)16(20)21-5)13(22)9-14(19)23-17-4/h6-8,12,17H,9H2,1-5H3. The van der Waals surface area contributed by atoms with Gasteiger partial charge in [-0.1, -0.05) is 30.4 Å². The number of hydrogen-bond donors (Lipinski definition) is 1. The molecule has 1 rings (SSSR count). The molecule has 1 aromatic carbocycles. The van der Waals surface area contributed by atoms with Crippen molar-refractivity contribution < 1.29 is 14.3 Å². The van der Waals surface area contributed by atoms with E-state index in [1.165, 1.54) is 7.11 Å². The van der Waals surface area contributed by atoms with Gasteiger partial charge in [-0.3, -0.25) is 9.52 Å². The summed E-state index contributed by atoms with van der Waals surface area (Å²) in [4.78, 5) is 26.0. The number of benzene rings is 1. The average molecular weight is 354 g/mol. The molecule has 1 unspecified atom stereocenters. The van der Waals surface area contributed by atoms with Gasteiger partial charge in [-0.2, -0.15) is 0 Å². The maximum atomic E-state index is 12.0. The number of esters is 1. The molecule has 0 radical (unpaired) electrons. The minimum Gasteiger partial charge on any atom is -0.467 e. The SMILES string of the molecule is CNSC(=O)CC(=S)N(c1c(C)cccc1C)C(C)C(=O)OC. The number of para-hydroxylation sites is 1. The van der Waals surface area contributed by atoms with Crippen LogP contribution in [0.5, 0.6) is 0 Å². The van der Waals surface area contributed by atoms with Crippen LogP contribution in [0.1, 0.15) is 24.5 Å². The van der Waals surface area contributed by atoms with Crippen molar-refractivity contribution in [2.24, 2.45) is 0 Å². The molecule has 23 heavy (non-hydrogen) atoms. The largest absolute Gasteiger partial charge is 0.467 e. The number of nitrogens with one attached hydrogen (secondary N) is 1.